The lowest BCUT2D eigenvalue weighted by atomic mass is 10.2. The minimum atomic E-state index is -1.54. The maximum atomic E-state index is 13.4. The molecule has 6 nitrogen and oxygen atoms in total. The van der Waals surface area contributed by atoms with Crippen molar-refractivity contribution in [2.24, 2.45) is 0 Å². The molecule has 1 heterocycles. The largest absolute Gasteiger partial charge is 0.497 e. The van der Waals surface area contributed by atoms with E-state index in [0.29, 0.717) is 11.4 Å². The van der Waals surface area contributed by atoms with Crippen molar-refractivity contribution in [1.82, 2.24) is 14.8 Å². The van der Waals surface area contributed by atoms with Crippen LogP contribution in [-0.4, -0.2) is 21.9 Å². The fourth-order valence-electron chi connectivity index (χ4n) is 2.47. The highest BCUT2D eigenvalue weighted by Gasteiger charge is 2.13. The van der Waals surface area contributed by atoms with E-state index in [-0.39, 0.29) is 18.1 Å². The molecule has 1 aromatic heterocycles. The van der Waals surface area contributed by atoms with Crippen molar-refractivity contribution in [3.8, 4) is 5.75 Å². The van der Waals surface area contributed by atoms with Crippen LogP contribution in [0.5, 0.6) is 5.75 Å². The maximum Gasteiger partial charge on any atom is 0.293 e. The molecule has 3 rings (SSSR count). The Kier molecular flexibility index (Phi) is 5.11. The average Bonchev–Trinajstić information content (AvgIpc) is 2.63. The first-order valence-corrected chi connectivity index (χ1v) is 7.86. The van der Waals surface area contributed by atoms with Crippen molar-refractivity contribution >= 4 is 11.6 Å². The molecule has 0 aliphatic heterocycles. The van der Waals surface area contributed by atoms with Gasteiger partial charge in [0.1, 0.15) is 11.9 Å². The molecular weight excluding hydrogens is 361 g/mol. The Hall–Kier alpha value is -3.36. The topological polar surface area (TPSA) is 69.0 Å². The predicted octanol–water partition coefficient (Wildman–Crippen LogP) is 3.16. The second-order valence-corrected chi connectivity index (χ2v) is 5.76. The van der Waals surface area contributed by atoms with Crippen molar-refractivity contribution in [1.29, 1.82) is 0 Å². The standard InChI is InChI=1S/C18H15F3N4O2/c1-10-5-12(27-2)3-4-15(10)23-18-24-16(26)8-22-25(18)9-11-6-13(19)17(21)14(20)7-11/h3-8H,9H2,1-2H3,(H,23,24,26). The summed E-state index contributed by atoms with van der Waals surface area (Å²) < 4.78 is 46.4. The van der Waals surface area contributed by atoms with Gasteiger partial charge in [-0.25, -0.2) is 17.9 Å². The van der Waals surface area contributed by atoms with Crippen molar-refractivity contribution in [3.63, 3.8) is 0 Å². The van der Waals surface area contributed by atoms with Crippen LogP contribution >= 0.6 is 0 Å². The Morgan fingerprint density at radius 3 is 2.48 bits per heavy atom. The summed E-state index contributed by atoms with van der Waals surface area (Å²) >= 11 is 0. The number of benzene rings is 2. The molecule has 0 saturated heterocycles. The molecule has 0 radical (unpaired) electrons. The number of nitrogens with one attached hydrogen (secondary N) is 1. The lowest BCUT2D eigenvalue weighted by molar-refractivity contribution is 0.414. The van der Waals surface area contributed by atoms with E-state index in [1.807, 2.05) is 6.92 Å². The average molecular weight is 376 g/mol. The van der Waals surface area contributed by atoms with Gasteiger partial charge in [-0.15, -0.1) is 0 Å². The molecule has 0 fully saturated rings. The predicted molar refractivity (Wildman–Crippen MR) is 92.7 cm³/mol. The van der Waals surface area contributed by atoms with E-state index in [1.165, 1.54) is 4.68 Å². The number of methoxy groups -OCH3 is 1. The lowest BCUT2D eigenvalue weighted by Crippen LogP contribution is -2.19. The number of hydrogen-bond donors (Lipinski definition) is 1. The summed E-state index contributed by atoms with van der Waals surface area (Å²) in [7, 11) is 1.54. The van der Waals surface area contributed by atoms with Gasteiger partial charge in [-0.05, 0) is 48.4 Å². The number of anilines is 2. The Morgan fingerprint density at radius 1 is 1.15 bits per heavy atom. The Balaban J connectivity index is 1.95. The van der Waals surface area contributed by atoms with Gasteiger partial charge in [-0.2, -0.15) is 10.1 Å². The zero-order valence-corrected chi connectivity index (χ0v) is 14.5. The monoisotopic (exact) mass is 376 g/mol. The first kappa shape index (κ1) is 18.4. The molecule has 1 N–H and O–H groups in total. The van der Waals surface area contributed by atoms with Gasteiger partial charge in [0.25, 0.3) is 5.56 Å². The highest BCUT2D eigenvalue weighted by atomic mass is 19.2. The summed E-state index contributed by atoms with van der Waals surface area (Å²) in [6.45, 7) is 1.70. The zero-order chi connectivity index (χ0) is 19.6. The van der Waals surface area contributed by atoms with E-state index in [2.05, 4.69) is 15.4 Å². The van der Waals surface area contributed by atoms with Crippen LogP contribution in [0.2, 0.25) is 0 Å². The molecule has 140 valence electrons. The van der Waals surface area contributed by atoms with E-state index in [9.17, 15) is 18.0 Å². The Labute approximate surface area is 152 Å². The normalized spacial score (nSPS) is 10.7. The number of hydrogen-bond acceptors (Lipinski definition) is 5. The van der Waals surface area contributed by atoms with E-state index in [0.717, 1.165) is 23.9 Å². The Morgan fingerprint density at radius 2 is 1.85 bits per heavy atom. The maximum absolute atomic E-state index is 13.4. The summed E-state index contributed by atoms with van der Waals surface area (Å²) in [5, 5.41) is 6.90. The third kappa shape index (κ3) is 4.08. The molecule has 0 saturated carbocycles. The molecule has 0 amide bonds. The molecular formula is C18H15F3N4O2. The smallest absolute Gasteiger partial charge is 0.293 e. The van der Waals surface area contributed by atoms with Gasteiger partial charge in [0.05, 0.1) is 13.7 Å². The van der Waals surface area contributed by atoms with Crippen molar-refractivity contribution < 1.29 is 17.9 Å². The molecule has 0 bridgehead atoms. The fraction of sp³-hybridized carbons (Fsp3) is 0.167. The van der Waals surface area contributed by atoms with E-state index < -0.39 is 23.0 Å². The van der Waals surface area contributed by atoms with E-state index >= 15 is 0 Å². The first-order chi connectivity index (χ1) is 12.9. The van der Waals surface area contributed by atoms with Crippen molar-refractivity contribution in [2.45, 2.75) is 13.5 Å². The van der Waals surface area contributed by atoms with Gasteiger partial charge < -0.3 is 10.1 Å². The number of aryl methyl sites for hydroxylation is 1. The zero-order valence-electron chi connectivity index (χ0n) is 14.5. The molecule has 0 atom stereocenters. The van der Waals surface area contributed by atoms with E-state index in [1.54, 1.807) is 25.3 Å². The number of rotatable bonds is 5. The molecule has 3 aromatic rings. The second-order valence-electron chi connectivity index (χ2n) is 5.76. The summed E-state index contributed by atoms with van der Waals surface area (Å²) in [4.78, 5) is 15.5. The van der Waals surface area contributed by atoms with Crippen LogP contribution in [0.4, 0.5) is 24.8 Å². The fourth-order valence-corrected chi connectivity index (χ4v) is 2.47. The quantitative estimate of drug-likeness (QED) is 0.693. The number of nitrogens with zero attached hydrogens (tertiary/aromatic N) is 3. The van der Waals surface area contributed by atoms with Gasteiger partial charge in [0.2, 0.25) is 5.95 Å². The Bertz CT molecular complexity index is 1030. The number of aromatic nitrogens is 3. The van der Waals surface area contributed by atoms with Gasteiger partial charge in [-0.1, -0.05) is 0 Å². The SMILES string of the molecule is COc1ccc(Nc2nc(=O)cnn2Cc2cc(F)c(F)c(F)c2)c(C)c1. The molecule has 27 heavy (non-hydrogen) atoms. The van der Waals surface area contributed by atoms with Gasteiger partial charge in [0.15, 0.2) is 17.5 Å². The number of halogens is 3. The highest BCUT2D eigenvalue weighted by molar-refractivity contribution is 5.59. The summed E-state index contributed by atoms with van der Waals surface area (Å²) in [6, 6.07) is 6.96. The molecule has 9 heteroatoms. The van der Waals surface area contributed by atoms with Gasteiger partial charge >= 0.3 is 0 Å². The second kappa shape index (κ2) is 7.48. The highest BCUT2D eigenvalue weighted by Crippen LogP contribution is 2.23. The number of ether oxygens (including phenoxy) is 1. The first-order valence-electron chi connectivity index (χ1n) is 7.86. The summed E-state index contributed by atoms with van der Waals surface area (Å²) in [6.07, 6.45) is 0.975. The lowest BCUT2D eigenvalue weighted by Gasteiger charge is -2.14. The molecule has 0 unspecified atom stereocenters. The molecule has 2 aromatic carbocycles. The summed E-state index contributed by atoms with van der Waals surface area (Å²) in [5.41, 5.74) is 0.994. The molecule has 0 aliphatic carbocycles. The minimum absolute atomic E-state index is 0.0703. The van der Waals surface area contributed by atoms with Crippen LogP contribution in [0.1, 0.15) is 11.1 Å². The molecule has 0 spiro atoms. The van der Waals surface area contributed by atoms with Crippen LogP contribution in [0.25, 0.3) is 0 Å². The van der Waals surface area contributed by atoms with Crippen LogP contribution in [0, 0.1) is 24.4 Å². The van der Waals surface area contributed by atoms with Crippen LogP contribution < -0.4 is 15.6 Å². The minimum Gasteiger partial charge on any atom is -0.497 e. The van der Waals surface area contributed by atoms with Crippen LogP contribution in [0.15, 0.2) is 41.3 Å². The van der Waals surface area contributed by atoms with Crippen LogP contribution in [0.3, 0.4) is 0 Å². The third-order valence-corrected chi connectivity index (χ3v) is 3.82. The van der Waals surface area contributed by atoms with Crippen molar-refractivity contribution in [2.75, 3.05) is 12.4 Å². The van der Waals surface area contributed by atoms with E-state index in [4.69, 9.17) is 4.74 Å². The molecule has 0 aliphatic rings. The summed E-state index contributed by atoms with van der Waals surface area (Å²) in [5.74, 6) is -3.43. The van der Waals surface area contributed by atoms with Gasteiger partial charge in [-0.3, -0.25) is 4.79 Å². The third-order valence-electron chi connectivity index (χ3n) is 3.82. The van der Waals surface area contributed by atoms with Gasteiger partial charge in [0, 0.05) is 5.69 Å². The van der Waals surface area contributed by atoms with Crippen molar-refractivity contribution in [3.05, 3.63) is 75.5 Å². The van der Waals surface area contributed by atoms with Crippen LogP contribution in [-0.2, 0) is 6.54 Å².